The minimum Gasteiger partial charge on any atom is -0.432 e. The van der Waals surface area contributed by atoms with E-state index in [1.807, 2.05) is 33.1 Å². The van der Waals surface area contributed by atoms with Crippen LogP contribution in [0.3, 0.4) is 0 Å². The van der Waals surface area contributed by atoms with Crippen LogP contribution in [0.2, 0.25) is 38.3 Å². The smallest absolute Gasteiger partial charge is 0.182 e. The van der Waals surface area contributed by atoms with Crippen LogP contribution in [0.1, 0.15) is 19.8 Å². The maximum atomic E-state index is 9.69. The second-order valence-corrected chi connectivity index (χ2v) is 14.8. The van der Waals surface area contributed by atoms with Crippen LogP contribution in [0, 0.1) is 0 Å². The van der Waals surface area contributed by atoms with Crippen molar-refractivity contribution in [2.24, 2.45) is 0 Å². The molecule has 0 aliphatic carbocycles. The molecular formula is C13H32O4Si2. The average Bonchev–Trinajstić information content (AvgIpc) is 2.21. The van der Waals surface area contributed by atoms with Crippen molar-refractivity contribution >= 4 is 16.6 Å². The van der Waals surface area contributed by atoms with E-state index in [9.17, 15) is 9.59 Å². The maximum Gasteiger partial charge on any atom is 0.182 e. The molecule has 0 bridgehead atoms. The van der Waals surface area contributed by atoms with Gasteiger partial charge in [-0.2, -0.15) is 0 Å². The molecule has 0 aromatic rings. The maximum absolute atomic E-state index is 9.69. The second kappa shape index (κ2) is 9.25. The molecule has 1 atom stereocenters. The van der Waals surface area contributed by atoms with Gasteiger partial charge in [-0.1, -0.05) is 0 Å². The topological polar surface area (TPSA) is 58.9 Å². The lowest BCUT2D eigenvalue weighted by Crippen LogP contribution is -2.26. The van der Waals surface area contributed by atoms with E-state index in [-0.39, 0.29) is 6.10 Å². The van der Waals surface area contributed by atoms with Crippen LogP contribution in [0.5, 0.6) is 0 Å². The molecule has 4 nitrogen and oxygen atoms in total. The van der Waals surface area contributed by atoms with Crippen molar-refractivity contribution in [3.05, 3.63) is 0 Å². The van der Waals surface area contributed by atoms with Gasteiger partial charge in [-0.25, -0.2) is 0 Å². The van der Waals surface area contributed by atoms with Crippen LogP contribution in [0.25, 0.3) is 0 Å². The molecule has 0 rings (SSSR count). The van der Waals surface area contributed by atoms with E-state index in [4.69, 9.17) is 9.47 Å². The number of hydrogen-bond acceptors (Lipinski definition) is 4. The van der Waals surface area contributed by atoms with Gasteiger partial charge in [0.2, 0.25) is 0 Å². The molecule has 0 aliphatic heterocycles. The van der Waals surface area contributed by atoms with Gasteiger partial charge in [0.1, 0.15) is 0 Å². The first-order valence-electron chi connectivity index (χ1n) is 7.24. The van der Waals surface area contributed by atoms with Crippen molar-refractivity contribution in [1.82, 2.24) is 0 Å². The van der Waals surface area contributed by atoms with Crippen LogP contribution in [0.15, 0.2) is 0 Å². The molecular weight excluding hydrogens is 276 g/mol. The highest BCUT2D eigenvalue weighted by atomic mass is 28.4. The Morgan fingerprint density at radius 1 is 0.895 bits per heavy atom. The third kappa shape index (κ3) is 16.2. The van der Waals surface area contributed by atoms with E-state index < -0.39 is 16.6 Å². The van der Waals surface area contributed by atoms with E-state index in [1.54, 1.807) is 0 Å². The van der Waals surface area contributed by atoms with Gasteiger partial charge in [0.25, 0.3) is 0 Å². The summed E-state index contributed by atoms with van der Waals surface area (Å²) in [4.78, 5) is 19.4. The van der Waals surface area contributed by atoms with Crippen molar-refractivity contribution in [2.45, 2.75) is 64.1 Å². The van der Waals surface area contributed by atoms with E-state index >= 15 is 0 Å². The third-order valence-electron chi connectivity index (χ3n) is 2.77. The molecule has 1 unspecified atom stereocenters. The van der Waals surface area contributed by atoms with E-state index in [0.29, 0.717) is 19.8 Å². The average molecular weight is 309 g/mol. The lowest BCUT2D eigenvalue weighted by Gasteiger charge is -2.17. The summed E-state index contributed by atoms with van der Waals surface area (Å²) in [6.45, 7) is 11.8. The Bertz CT molecular complexity index is 224. The highest BCUT2D eigenvalue weighted by Crippen LogP contribution is 2.09. The molecule has 0 heterocycles. The van der Waals surface area contributed by atoms with Crippen molar-refractivity contribution in [3.8, 4) is 0 Å². The van der Waals surface area contributed by atoms with Crippen molar-refractivity contribution in [2.75, 3.05) is 19.8 Å². The molecule has 0 saturated carbocycles. The largest absolute Gasteiger partial charge is 0.432 e. The fraction of sp³-hybridized carbons (Fsp3) is 1.00. The van der Waals surface area contributed by atoms with E-state index in [2.05, 4.69) is 0 Å². The fourth-order valence-corrected chi connectivity index (χ4v) is 3.71. The zero-order valence-corrected chi connectivity index (χ0v) is 15.2. The standard InChI is InChI=1S/C13H32O4Si2/c1-13(17-9-7-11-19(4,5)15)12-16-8-6-10-18(2,3)14/h13-15H,6-12H2,1-5H3. The summed E-state index contributed by atoms with van der Waals surface area (Å²) >= 11 is 0. The third-order valence-corrected chi connectivity index (χ3v) is 5.92. The van der Waals surface area contributed by atoms with Crippen LogP contribution < -0.4 is 0 Å². The van der Waals surface area contributed by atoms with E-state index in [0.717, 1.165) is 24.9 Å². The summed E-state index contributed by atoms with van der Waals surface area (Å²) < 4.78 is 11.2. The molecule has 0 aromatic heterocycles. The van der Waals surface area contributed by atoms with E-state index in [1.165, 1.54) is 0 Å². The monoisotopic (exact) mass is 308 g/mol. The van der Waals surface area contributed by atoms with Gasteiger partial charge < -0.3 is 19.1 Å². The zero-order valence-electron chi connectivity index (χ0n) is 13.2. The summed E-state index contributed by atoms with van der Waals surface area (Å²) in [6, 6.07) is 1.77. The first-order chi connectivity index (χ1) is 8.60. The molecule has 0 aliphatic rings. The summed E-state index contributed by atoms with van der Waals surface area (Å²) in [5.74, 6) is 0. The summed E-state index contributed by atoms with van der Waals surface area (Å²) in [5.41, 5.74) is 0. The Hall–Kier alpha value is 0.274. The molecule has 0 saturated heterocycles. The Morgan fingerprint density at radius 3 is 1.84 bits per heavy atom. The van der Waals surface area contributed by atoms with Crippen molar-refractivity contribution < 1.29 is 19.1 Å². The van der Waals surface area contributed by atoms with Gasteiger partial charge in [0, 0.05) is 13.2 Å². The normalized spacial score (nSPS) is 14.7. The first-order valence-corrected chi connectivity index (χ1v) is 13.6. The van der Waals surface area contributed by atoms with Gasteiger partial charge in [-0.15, -0.1) is 0 Å². The van der Waals surface area contributed by atoms with Crippen LogP contribution in [-0.4, -0.2) is 52.2 Å². The predicted octanol–water partition coefficient (Wildman–Crippen LogP) is 2.58. The number of rotatable bonds is 11. The number of hydrogen-bond donors (Lipinski definition) is 2. The number of ether oxygens (including phenoxy) is 2. The van der Waals surface area contributed by atoms with Crippen molar-refractivity contribution in [1.29, 1.82) is 0 Å². The van der Waals surface area contributed by atoms with Gasteiger partial charge >= 0.3 is 0 Å². The fourth-order valence-electron chi connectivity index (χ4n) is 1.69. The summed E-state index contributed by atoms with van der Waals surface area (Å²) in [7, 11) is -3.82. The summed E-state index contributed by atoms with van der Waals surface area (Å²) in [6.07, 6.45) is 1.94. The van der Waals surface area contributed by atoms with Crippen molar-refractivity contribution in [3.63, 3.8) is 0 Å². The minimum atomic E-state index is -1.91. The molecule has 2 N–H and O–H groups in total. The molecule has 0 amide bonds. The van der Waals surface area contributed by atoms with Gasteiger partial charge in [0.05, 0.1) is 12.7 Å². The summed E-state index contributed by atoms with van der Waals surface area (Å²) in [5, 5.41) is 0. The molecule has 0 aromatic carbocycles. The van der Waals surface area contributed by atoms with Crippen LogP contribution in [-0.2, 0) is 9.47 Å². The zero-order chi connectivity index (χ0) is 14.9. The Morgan fingerprint density at radius 2 is 1.37 bits per heavy atom. The minimum absolute atomic E-state index is 0.0999. The van der Waals surface area contributed by atoms with Gasteiger partial charge in [-0.05, 0) is 58.0 Å². The molecule has 0 spiro atoms. The Balaban J connectivity index is 3.38. The SMILES string of the molecule is CC(COCCC[Si](C)(C)O)OCCC[Si](C)(C)O. The van der Waals surface area contributed by atoms with Crippen LogP contribution in [0.4, 0.5) is 0 Å². The lowest BCUT2D eigenvalue weighted by atomic mass is 10.4. The Kier molecular flexibility index (Phi) is 9.39. The lowest BCUT2D eigenvalue weighted by molar-refractivity contribution is -0.00641. The molecule has 0 fully saturated rings. The molecule has 0 radical (unpaired) electrons. The predicted molar refractivity (Wildman–Crippen MR) is 84.5 cm³/mol. The quantitative estimate of drug-likeness (QED) is 0.455. The first kappa shape index (κ1) is 19.3. The second-order valence-electron chi connectivity index (χ2n) is 6.59. The molecule has 6 heteroatoms. The Labute approximate surface area is 120 Å². The molecule has 19 heavy (non-hydrogen) atoms. The van der Waals surface area contributed by atoms with Gasteiger partial charge in [0.15, 0.2) is 16.6 Å². The highest BCUT2D eigenvalue weighted by molar-refractivity contribution is 6.70. The van der Waals surface area contributed by atoms with Crippen LogP contribution >= 0.6 is 0 Å². The highest BCUT2D eigenvalue weighted by Gasteiger charge is 2.16. The molecule has 116 valence electrons. The van der Waals surface area contributed by atoms with Gasteiger partial charge in [-0.3, -0.25) is 0 Å².